The Balaban J connectivity index is 0.00000196. The maximum absolute atomic E-state index is 6.58. The summed E-state index contributed by atoms with van der Waals surface area (Å²) in [7, 11) is 0. The quantitative estimate of drug-likeness (QED) is 0.643. The van der Waals surface area contributed by atoms with E-state index in [0.29, 0.717) is 16.7 Å². The number of nitrogens with one attached hydrogen (secondary N) is 1. The molecule has 0 fully saturated rings. The minimum atomic E-state index is 0. The Morgan fingerprint density at radius 2 is 1.77 bits per heavy atom. The Hall–Kier alpha value is -1.39. The van der Waals surface area contributed by atoms with Crippen LogP contribution in [0, 0.1) is 0 Å². The molecule has 0 radical (unpaired) electrons. The molecule has 0 atom stereocenters. The Bertz CT molecular complexity index is 893. The van der Waals surface area contributed by atoms with Crippen LogP contribution in [0.1, 0.15) is 11.3 Å². The maximum Gasteiger partial charge on any atom is 0.119 e. The van der Waals surface area contributed by atoms with Gasteiger partial charge >= 0.3 is 0 Å². The lowest BCUT2D eigenvalue weighted by Crippen LogP contribution is -2.18. The lowest BCUT2D eigenvalue weighted by molar-refractivity contribution is 0.299. The van der Waals surface area contributed by atoms with Gasteiger partial charge in [-0.05, 0) is 36.7 Å². The number of ether oxygens (including phenoxy) is 1. The number of fused-ring (bicyclic) bond motifs is 3. The Morgan fingerprint density at radius 3 is 2.58 bits per heavy atom. The molecule has 0 bridgehead atoms. The van der Waals surface area contributed by atoms with Crippen LogP contribution in [0.5, 0.6) is 5.75 Å². The van der Waals surface area contributed by atoms with Gasteiger partial charge in [-0.1, -0.05) is 47.5 Å². The van der Waals surface area contributed by atoms with E-state index in [0.717, 1.165) is 43.7 Å². The smallest absolute Gasteiger partial charge is 0.119 e. The Kier molecular flexibility index (Phi) is 6.36. The summed E-state index contributed by atoms with van der Waals surface area (Å²) in [5, 5.41) is 5.93. The van der Waals surface area contributed by atoms with Gasteiger partial charge in [0, 0.05) is 24.0 Å². The first-order chi connectivity index (χ1) is 12.3. The molecule has 26 heavy (non-hydrogen) atoms. The summed E-state index contributed by atoms with van der Waals surface area (Å²) in [5.41, 5.74) is 3.77. The molecule has 0 unspecified atom stereocenters. The first-order valence-electron chi connectivity index (χ1n) is 8.62. The molecule has 1 aliphatic rings. The van der Waals surface area contributed by atoms with Crippen LogP contribution >= 0.6 is 35.6 Å². The van der Waals surface area contributed by atoms with Gasteiger partial charge in [0.1, 0.15) is 12.4 Å². The second kappa shape index (κ2) is 8.53. The third-order valence-corrected chi connectivity index (χ3v) is 5.55. The fourth-order valence-electron chi connectivity index (χ4n) is 3.63. The van der Waals surface area contributed by atoms with Crippen LogP contribution in [-0.4, -0.2) is 24.3 Å². The van der Waals surface area contributed by atoms with Crippen molar-refractivity contribution in [1.29, 1.82) is 0 Å². The van der Waals surface area contributed by atoms with Gasteiger partial charge in [0.2, 0.25) is 0 Å². The minimum Gasteiger partial charge on any atom is -0.492 e. The van der Waals surface area contributed by atoms with Crippen molar-refractivity contribution in [2.24, 2.45) is 0 Å². The zero-order valence-corrected chi connectivity index (χ0v) is 16.6. The molecule has 3 nitrogen and oxygen atoms in total. The molecule has 0 saturated carbocycles. The molecule has 2 aromatic carbocycles. The standard InChI is InChI=1S/C20H20Cl2N2O.ClH/c21-17-7-6-16-15-8-10-23-11-9-18(15)24(20(16)19(17)22)12-13-25-14-4-2-1-3-5-14;/h1-7,23H,8-13H2;1H. The van der Waals surface area contributed by atoms with E-state index >= 15 is 0 Å². The highest BCUT2D eigenvalue weighted by Crippen LogP contribution is 2.36. The van der Waals surface area contributed by atoms with E-state index in [9.17, 15) is 0 Å². The molecular weight excluding hydrogens is 391 g/mol. The van der Waals surface area contributed by atoms with Crippen LogP contribution in [-0.2, 0) is 19.4 Å². The number of hydrogen-bond acceptors (Lipinski definition) is 2. The van der Waals surface area contributed by atoms with Crippen molar-refractivity contribution < 1.29 is 4.74 Å². The van der Waals surface area contributed by atoms with Crippen LogP contribution in [0.3, 0.4) is 0 Å². The zero-order valence-electron chi connectivity index (χ0n) is 14.3. The number of aromatic nitrogens is 1. The number of halogens is 3. The molecule has 1 aliphatic heterocycles. The Morgan fingerprint density at radius 1 is 1.00 bits per heavy atom. The van der Waals surface area contributed by atoms with Crippen molar-refractivity contribution in [3.63, 3.8) is 0 Å². The van der Waals surface area contributed by atoms with E-state index < -0.39 is 0 Å². The zero-order chi connectivity index (χ0) is 17.2. The summed E-state index contributed by atoms with van der Waals surface area (Å²) < 4.78 is 8.21. The third-order valence-electron chi connectivity index (χ3n) is 4.76. The van der Waals surface area contributed by atoms with Crippen LogP contribution in [0.2, 0.25) is 10.0 Å². The average molecular weight is 412 g/mol. The summed E-state index contributed by atoms with van der Waals surface area (Å²) in [6.45, 7) is 3.32. The highest BCUT2D eigenvalue weighted by Gasteiger charge is 2.21. The van der Waals surface area contributed by atoms with Crippen molar-refractivity contribution in [3.8, 4) is 5.75 Å². The number of para-hydroxylation sites is 1. The molecule has 0 spiro atoms. The largest absolute Gasteiger partial charge is 0.492 e. The van der Waals surface area contributed by atoms with Crippen molar-refractivity contribution in [2.45, 2.75) is 19.4 Å². The molecule has 4 rings (SSSR count). The van der Waals surface area contributed by atoms with Crippen LogP contribution in [0.15, 0.2) is 42.5 Å². The highest BCUT2D eigenvalue weighted by molar-refractivity contribution is 6.45. The van der Waals surface area contributed by atoms with E-state index in [4.69, 9.17) is 27.9 Å². The van der Waals surface area contributed by atoms with Gasteiger partial charge in [0.05, 0.1) is 22.1 Å². The first-order valence-corrected chi connectivity index (χ1v) is 9.38. The summed E-state index contributed by atoms with van der Waals surface area (Å²) in [4.78, 5) is 0. The lowest BCUT2D eigenvalue weighted by Gasteiger charge is -2.13. The summed E-state index contributed by atoms with van der Waals surface area (Å²) in [5.74, 6) is 0.885. The van der Waals surface area contributed by atoms with E-state index in [1.54, 1.807) is 0 Å². The van der Waals surface area contributed by atoms with Gasteiger partial charge in [0.25, 0.3) is 0 Å². The minimum absolute atomic E-state index is 0. The van der Waals surface area contributed by atoms with E-state index in [1.165, 1.54) is 16.6 Å². The molecule has 2 heterocycles. The van der Waals surface area contributed by atoms with Crippen molar-refractivity contribution in [3.05, 3.63) is 63.8 Å². The highest BCUT2D eigenvalue weighted by atomic mass is 35.5. The van der Waals surface area contributed by atoms with Crippen molar-refractivity contribution >= 4 is 46.5 Å². The van der Waals surface area contributed by atoms with Gasteiger partial charge in [-0.3, -0.25) is 0 Å². The molecular formula is C20H21Cl3N2O. The van der Waals surface area contributed by atoms with Gasteiger partial charge < -0.3 is 14.6 Å². The molecule has 3 aromatic rings. The van der Waals surface area contributed by atoms with Crippen LogP contribution < -0.4 is 10.1 Å². The predicted octanol–water partition coefficient (Wildman–Crippen LogP) is 5.14. The fraction of sp³-hybridized carbons (Fsp3) is 0.300. The van der Waals surface area contributed by atoms with Gasteiger partial charge in [-0.2, -0.15) is 0 Å². The normalized spacial score (nSPS) is 13.8. The van der Waals surface area contributed by atoms with E-state index in [2.05, 4.69) is 16.0 Å². The SMILES string of the molecule is Cl.Clc1ccc2c3c(n(CCOc4ccccc4)c2c1Cl)CCNCC3. The van der Waals surface area contributed by atoms with Crippen LogP contribution in [0.4, 0.5) is 0 Å². The topological polar surface area (TPSA) is 26.2 Å². The molecule has 1 aromatic heterocycles. The second-order valence-electron chi connectivity index (χ2n) is 6.25. The monoisotopic (exact) mass is 410 g/mol. The molecule has 0 amide bonds. The summed E-state index contributed by atoms with van der Waals surface area (Å²) in [6.07, 6.45) is 2.00. The van der Waals surface area contributed by atoms with Gasteiger partial charge in [-0.15, -0.1) is 12.4 Å². The first kappa shape index (κ1) is 19.4. The van der Waals surface area contributed by atoms with Crippen molar-refractivity contribution in [2.75, 3.05) is 19.7 Å². The van der Waals surface area contributed by atoms with Gasteiger partial charge in [0.15, 0.2) is 0 Å². The molecule has 6 heteroatoms. The lowest BCUT2D eigenvalue weighted by atomic mass is 10.1. The number of hydrogen-bond donors (Lipinski definition) is 1. The maximum atomic E-state index is 6.58. The molecule has 1 N–H and O–H groups in total. The molecule has 0 saturated heterocycles. The molecule has 0 aliphatic carbocycles. The van der Waals surface area contributed by atoms with E-state index in [1.807, 2.05) is 36.4 Å². The Labute approximate surface area is 169 Å². The van der Waals surface area contributed by atoms with Crippen molar-refractivity contribution in [1.82, 2.24) is 9.88 Å². The third kappa shape index (κ3) is 3.67. The summed E-state index contributed by atoms with van der Waals surface area (Å²) >= 11 is 12.9. The average Bonchev–Trinajstić information content (AvgIpc) is 2.78. The van der Waals surface area contributed by atoms with Gasteiger partial charge in [-0.25, -0.2) is 0 Å². The predicted molar refractivity (Wildman–Crippen MR) is 111 cm³/mol. The van der Waals surface area contributed by atoms with E-state index in [-0.39, 0.29) is 12.4 Å². The molecule has 138 valence electrons. The fourth-order valence-corrected chi connectivity index (χ4v) is 4.05. The summed E-state index contributed by atoms with van der Waals surface area (Å²) in [6, 6.07) is 13.9. The second-order valence-corrected chi connectivity index (χ2v) is 7.03. The van der Waals surface area contributed by atoms with Crippen LogP contribution in [0.25, 0.3) is 10.9 Å². The number of benzene rings is 2. The number of rotatable bonds is 4. The number of nitrogens with zero attached hydrogens (tertiary/aromatic N) is 1.